The molecule has 0 aliphatic carbocycles. The summed E-state index contributed by atoms with van der Waals surface area (Å²) in [6.45, 7) is 4.40. The average molecular weight is 389 g/mol. The molecule has 0 bridgehead atoms. The van der Waals surface area contributed by atoms with Crippen LogP contribution in [0.2, 0.25) is 0 Å². The van der Waals surface area contributed by atoms with Crippen molar-refractivity contribution in [3.05, 3.63) is 55.1 Å². The fraction of sp³-hybridized carbons (Fsp3) is 0.286. The van der Waals surface area contributed by atoms with Gasteiger partial charge in [0, 0.05) is 25.9 Å². The summed E-state index contributed by atoms with van der Waals surface area (Å²) in [5.41, 5.74) is 1.30. The highest BCUT2D eigenvalue weighted by Gasteiger charge is 2.14. The third-order valence-electron chi connectivity index (χ3n) is 2.91. The zero-order chi connectivity index (χ0) is 13.1. The van der Waals surface area contributed by atoms with Crippen molar-refractivity contribution in [2.45, 2.75) is 25.9 Å². The summed E-state index contributed by atoms with van der Waals surface area (Å²) in [5.74, 6) is 0. The molecule has 0 spiro atoms. The Morgan fingerprint density at radius 2 is 1.67 bits per heavy atom. The molecule has 0 amide bonds. The van der Waals surface area contributed by atoms with Gasteiger partial charge in [0.1, 0.15) is 0 Å². The number of thiophene rings is 1. The number of hydrogen-bond donors (Lipinski definition) is 1. The smallest absolute Gasteiger partial charge is 0.0402 e. The standard InChI is InChI=1S/C14H15Br2NS/c1-9(11-3-5-12(15)6-4-11)17-10(2)14-13(16)7-8-18-14/h3-10,17H,1-2H3. The van der Waals surface area contributed by atoms with Gasteiger partial charge in [0.25, 0.3) is 0 Å². The van der Waals surface area contributed by atoms with Crippen LogP contribution in [-0.4, -0.2) is 0 Å². The van der Waals surface area contributed by atoms with Crippen LogP contribution in [0.5, 0.6) is 0 Å². The summed E-state index contributed by atoms with van der Waals surface area (Å²) in [4.78, 5) is 1.35. The van der Waals surface area contributed by atoms with E-state index in [2.05, 4.69) is 86.7 Å². The first kappa shape index (κ1) is 14.3. The van der Waals surface area contributed by atoms with Crippen LogP contribution in [-0.2, 0) is 0 Å². The summed E-state index contributed by atoms with van der Waals surface area (Å²) in [5, 5.41) is 5.74. The first-order valence-electron chi connectivity index (χ1n) is 5.82. The minimum atomic E-state index is 0.335. The Bertz CT molecular complexity index is 507. The minimum Gasteiger partial charge on any atom is -0.303 e. The maximum Gasteiger partial charge on any atom is 0.0402 e. The average Bonchev–Trinajstić information content (AvgIpc) is 2.76. The van der Waals surface area contributed by atoms with E-state index in [9.17, 15) is 0 Å². The Labute approximate surface area is 129 Å². The van der Waals surface area contributed by atoms with Crippen molar-refractivity contribution in [1.29, 1.82) is 0 Å². The van der Waals surface area contributed by atoms with Crippen LogP contribution in [0.4, 0.5) is 0 Å². The lowest BCUT2D eigenvalue weighted by atomic mass is 10.1. The van der Waals surface area contributed by atoms with Gasteiger partial charge in [-0.1, -0.05) is 28.1 Å². The monoisotopic (exact) mass is 387 g/mol. The predicted octanol–water partition coefficient (Wildman–Crippen LogP) is 5.68. The first-order valence-corrected chi connectivity index (χ1v) is 8.29. The molecule has 2 atom stereocenters. The summed E-state index contributed by atoms with van der Waals surface area (Å²) >= 11 is 8.83. The van der Waals surface area contributed by atoms with E-state index in [1.807, 2.05) is 0 Å². The zero-order valence-electron chi connectivity index (χ0n) is 10.3. The van der Waals surface area contributed by atoms with Gasteiger partial charge in [-0.2, -0.15) is 0 Å². The lowest BCUT2D eigenvalue weighted by molar-refractivity contribution is 0.499. The van der Waals surface area contributed by atoms with Gasteiger partial charge >= 0.3 is 0 Å². The number of halogens is 2. The van der Waals surface area contributed by atoms with E-state index in [-0.39, 0.29) is 0 Å². The Morgan fingerprint density at radius 3 is 2.22 bits per heavy atom. The largest absolute Gasteiger partial charge is 0.303 e. The summed E-state index contributed by atoms with van der Waals surface area (Å²) in [6.07, 6.45) is 0. The van der Waals surface area contributed by atoms with E-state index in [0.717, 1.165) is 4.47 Å². The van der Waals surface area contributed by atoms with Gasteiger partial charge in [-0.25, -0.2) is 0 Å². The molecule has 96 valence electrons. The van der Waals surface area contributed by atoms with Gasteiger partial charge in [0.15, 0.2) is 0 Å². The zero-order valence-corrected chi connectivity index (χ0v) is 14.3. The van der Waals surface area contributed by atoms with Crippen LogP contribution in [0.3, 0.4) is 0 Å². The van der Waals surface area contributed by atoms with Crippen LogP contribution in [0, 0.1) is 0 Å². The van der Waals surface area contributed by atoms with Crippen LogP contribution in [0.15, 0.2) is 44.7 Å². The maximum atomic E-state index is 3.62. The molecule has 1 heterocycles. The molecule has 1 aromatic carbocycles. The molecule has 2 unspecified atom stereocenters. The summed E-state index contributed by atoms with van der Waals surface area (Å²) in [7, 11) is 0. The normalized spacial score (nSPS) is 14.4. The van der Waals surface area contributed by atoms with Gasteiger partial charge in [-0.05, 0) is 58.9 Å². The van der Waals surface area contributed by atoms with E-state index in [4.69, 9.17) is 0 Å². The van der Waals surface area contributed by atoms with Crippen molar-refractivity contribution in [2.75, 3.05) is 0 Å². The molecule has 0 aliphatic rings. The van der Waals surface area contributed by atoms with Crippen molar-refractivity contribution in [1.82, 2.24) is 5.32 Å². The second-order valence-corrected chi connectivity index (χ2v) is 7.01. The van der Waals surface area contributed by atoms with Crippen LogP contribution in [0.25, 0.3) is 0 Å². The van der Waals surface area contributed by atoms with E-state index < -0.39 is 0 Å². The Hall–Kier alpha value is -0.160. The van der Waals surface area contributed by atoms with Crippen LogP contribution in [0.1, 0.15) is 36.4 Å². The third-order valence-corrected chi connectivity index (χ3v) is 5.49. The van der Waals surface area contributed by atoms with Crippen LogP contribution >= 0.6 is 43.2 Å². The second-order valence-electron chi connectivity index (χ2n) is 4.29. The first-order chi connectivity index (χ1) is 8.58. The molecule has 2 aromatic rings. The molecular weight excluding hydrogens is 374 g/mol. The number of nitrogens with one attached hydrogen (secondary N) is 1. The van der Waals surface area contributed by atoms with Crippen LogP contribution < -0.4 is 5.32 Å². The fourth-order valence-electron chi connectivity index (χ4n) is 1.91. The molecule has 18 heavy (non-hydrogen) atoms. The highest BCUT2D eigenvalue weighted by atomic mass is 79.9. The fourth-order valence-corrected chi connectivity index (χ4v) is 3.91. The molecule has 1 nitrogen and oxygen atoms in total. The maximum absolute atomic E-state index is 3.62. The molecule has 0 fully saturated rings. The van der Waals surface area contributed by atoms with Crippen molar-refractivity contribution >= 4 is 43.2 Å². The van der Waals surface area contributed by atoms with E-state index >= 15 is 0 Å². The molecule has 4 heteroatoms. The van der Waals surface area contributed by atoms with Crippen molar-refractivity contribution in [2.24, 2.45) is 0 Å². The molecule has 2 rings (SSSR count). The van der Waals surface area contributed by atoms with Gasteiger partial charge in [-0.15, -0.1) is 11.3 Å². The molecule has 1 N–H and O–H groups in total. The highest BCUT2D eigenvalue weighted by molar-refractivity contribution is 9.10. The number of hydrogen-bond acceptors (Lipinski definition) is 2. The predicted molar refractivity (Wildman–Crippen MR) is 86.1 cm³/mol. The quantitative estimate of drug-likeness (QED) is 0.709. The molecule has 1 aromatic heterocycles. The molecule has 0 aliphatic heterocycles. The SMILES string of the molecule is CC(NC(C)c1sccc1Br)c1ccc(Br)cc1. The Balaban J connectivity index is 2.05. The molecular formula is C14H15Br2NS. The molecule has 0 radical (unpaired) electrons. The van der Waals surface area contributed by atoms with Crippen molar-refractivity contribution in [3.8, 4) is 0 Å². The lowest BCUT2D eigenvalue weighted by Crippen LogP contribution is -2.21. The van der Waals surface area contributed by atoms with E-state index in [1.165, 1.54) is 14.9 Å². The summed E-state index contributed by atoms with van der Waals surface area (Å²) < 4.78 is 2.31. The lowest BCUT2D eigenvalue weighted by Gasteiger charge is -2.20. The Kier molecular flexibility index (Phi) is 5.01. The second kappa shape index (κ2) is 6.33. The van der Waals surface area contributed by atoms with E-state index in [1.54, 1.807) is 11.3 Å². The number of benzene rings is 1. The van der Waals surface area contributed by atoms with Crippen molar-refractivity contribution < 1.29 is 0 Å². The summed E-state index contributed by atoms with van der Waals surface area (Å²) in [6, 6.07) is 11.2. The third kappa shape index (κ3) is 3.44. The van der Waals surface area contributed by atoms with Gasteiger partial charge in [-0.3, -0.25) is 0 Å². The van der Waals surface area contributed by atoms with Gasteiger partial charge in [0.2, 0.25) is 0 Å². The Morgan fingerprint density at radius 1 is 1.00 bits per heavy atom. The van der Waals surface area contributed by atoms with Crippen molar-refractivity contribution in [3.63, 3.8) is 0 Å². The number of rotatable bonds is 4. The van der Waals surface area contributed by atoms with E-state index in [0.29, 0.717) is 12.1 Å². The highest BCUT2D eigenvalue weighted by Crippen LogP contribution is 2.30. The minimum absolute atomic E-state index is 0.335. The molecule has 0 saturated carbocycles. The topological polar surface area (TPSA) is 12.0 Å². The molecule has 0 saturated heterocycles. The van der Waals surface area contributed by atoms with Gasteiger partial charge < -0.3 is 5.32 Å². The van der Waals surface area contributed by atoms with Gasteiger partial charge in [0.05, 0.1) is 0 Å².